The number of ether oxygens (including phenoxy) is 1. The number of phenolic OH excluding ortho intramolecular Hbond substituents is 1. The maximum Gasteiger partial charge on any atom is 0.428 e. The van der Waals surface area contributed by atoms with Crippen LogP contribution in [0.4, 0.5) is 4.79 Å². The first-order valence-corrected chi connectivity index (χ1v) is 10.6. The number of carbonyl (C=O) groups excluding carboxylic acids is 1. The van der Waals surface area contributed by atoms with E-state index in [1.54, 1.807) is 0 Å². The van der Waals surface area contributed by atoms with Crippen LogP contribution in [0.3, 0.4) is 0 Å². The summed E-state index contributed by atoms with van der Waals surface area (Å²) in [6.07, 6.45) is 6.05. The number of nitrogens with one attached hydrogen (secondary N) is 1. The summed E-state index contributed by atoms with van der Waals surface area (Å²) in [5.41, 5.74) is 6.06. The van der Waals surface area contributed by atoms with Gasteiger partial charge in [-0.15, -0.1) is 0 Å². The number of phenols is 1. The lowest BCUT2D eigenvalue weighted by Gasteiger charge is -2.49. The largest absolute Gasteiger partial charge is 0.508 e. The number of aromatic hydroxyl groups is 1. The lowest BCUT2D eigenvalue weighted by Crippen LogP contribution is -2.43. The van der Waals surface area contributed by atoms with Gasteiger partial charge in [0.2, 0.25) is 0 Å². The average molecular weight is 385 g/mol. The minimum absolute atomic E-state index is 0.0601. The number of aryl methyl sites for hydroxylation is 1. The van der Waals surface area contributed by atoms with Crippen LogP contribution in [-0.4, -0.2) is 22.5 Å². The summed E-state index contributed by atoms with van der Waals surface area (Å²) in [5, 5.41) is 14.3. The first-order valence-electron chi connectivity index (χ1n) is 10.6. The van der Waals surface area contributed by atoms with Crippen LogP contribution in [0.15, 0.2) is 23.3 Å². The van der Waals surface area contributed by atoms with Gasteiger partial charge >= 0.3 is 6.09 Å². The van der Waals surface area contributed by atoms with E-state index in [0.717, 1.165) is 37.8 Å². The number of rotatable bonds is 1. The van der Waals surface area contributed by atoms with Crippen molar-refractivity contribution in [2.45, 2.75) is 77.7 Å². The van der Waals surface area contributed by atoms with Crippen LogP contribution in [0, 0.1) is 17.3 Å². The zero-order valence-corrected chi connectivity index (χ0v) is 17.4. The molecular formula is C23H32N2O3. The maximum absolute atomic E-state index is 12.0. The van der Waals surface area contributed by atoms with Gasteiger partial charge in [-0.3, -0.25) is 0 Å². The monoisotopic (exact) mass is 384 g/mol. The van der Waals surface area contributed by atoms with Crippen LogP contribution < -0.4 is 5.43 Å². The Bertz CT molecular complexity index is 811. The van der Waals surface area contributed by atoms with Crippen molar-refractivity contribution in [1.29, 1.82) is 0 Å². The smallest absolute Gasteiger partial charge is 0.428 e. The zero-order valence-electron chi connectivity index (χ0n) is 17.4. The molecule has 4 atom stereocenters. The van der Waals surface area contributed by atoms with Crippen LogP contribution in [-0.2, 0) is 11.2 Å². The van der Waals surface area contributed by atoms with Gasteiger partial charge in [-0.25, -0.2) is 10.2 Å². The molecule has 0 radical (unpaired) electrons. The molecule has 0 unspecified atom stereocenters. The molecule has 28 heavy (non-hydrogen) atoms. The average Bonchev–Trinajstić information content (AvgIpc) is 2.94. The Morgan fingerprint density at radius 3 is 2.79 bits per heavy atom. The van der Waals surface area contributed by atoms with E-state index in [2.05, 4.69) is 23.5 Å². The van der Waals surface area contributed by atoms with E-state index in [1.165, 1.54) is 17.5 Å². The summed E-state index contributed by atoms with van der Waals surface area (Å²) in [6, 6.07) is 5.92. The lowest BCUT2D eigenvalue weighted by molar-refractivity contribution is 0.0527. The Kier molecular flexibility index (Phi) is 4.67. The second kappa shape index (κ2) is 6.78. The number of carbonyl (C=O) groups is 1. The third kappa shape index (κ3) is 3.40. The van der Waals surface area contributed by atoms with E-state index in [1.807, 2.05) is 32.9 Å². The number of hydrogen-bond donors (Lipinski definition) is 2. The first-order chi connectivity index (χ1) is 13.2. The molecule has 5 heteroatoms. The highest BCUT2D eigenvalue weighted by atomic mass is 16.6. The standard InChI is InChI=1S/C23H32N2O3/c1-22(2,3)28-21(27)25-24-20-10-9-19-18-7-5-14-13-15(26)6-8-16(14)17(18)11-12-23(19,20)4/h6,8,13,17-19,26H,5,7,9-12H2,1-4H3,(H,25,27)/b24-20-/t17-,18-,19-,23-/m0/s1. The summed E-state index contributed by atoms with van der Waals surface area (Å²) in [7, 11) is 0. The van der Waals surface area contributed by atoms with Crippen molar-refractivity contribution in [3.8, 4) is 5.75 Å². The van der Waals surface area contributed by atoms with Gasteiger partial charge in [0.1, 0.15) is 11.4 Å². The first kappa shape index (κ1) is 19.3. The molecule has 1 aromatic carbocycles. The molecule has 2 N–H and O–H groups in total. The Morgan fingerprint density at radius 2 is 2.04 bits per heavy atom. The van der Waals surface area contributed by atoms with Crippen molar-refractivity contribution in [1.82, 2.24) is 5.43 Å². The summed E-state index contributed by atoms with van der Waals surface area (Å²) in [4.78, 5) is 12.0. The van der Waals surface area contributed by atoms with Crippen molar-refractivity contribution in [3.05, 3.63) is 29.3 Å². The van der Waals surface area contributed by atoms with E-state index in [4.69, 9.17) is 4.74 Å². The molecule has 0 aliphatic heterocycles. The van der Waals surface area contributed by atoms with Gasteiger partial charge in [0.25, 0.3) is 0 Å². The SMILES string of the molecule is CC(C)(C)OC(=O)N/N=C1/CC[C@H]2[C@H]3CCc4cc(O)ccc4[C@@H]3CC[C@]12C. The van der Waals surface area contributed by atoms with Crippen LogP contribution in [0.1, 0.15) is 76.8 Å². The number of fused-ring (bicyclic) bond motifs is 5. The highest BCUT2D eigenvalue weighted by Gasteiger charge is 2.53. The molecule has 0 saturated heterocycles. The van der Waals surface area contributed by atoms with Gasteiger partial charge < -0.3 is 9.84 Å². The van der Waals surface area contributed by atoms with E-state index in [-0.39, 0.29) is 5.41 Å². The van der Waals surface area contributed by atoms with Crippen LogP contribution >= 0.6 is 0 Å². The van der Waals surface area contributed by atoms with Crippen molar-refractivity contribution in [2.75, 3.05) is 0 Å². The molecule has 1 aromatic rings. The molecule has 2 saturated carbocycles. The van der Waals surface area contributed by atoms with Crippen LogP contribution in [0.2, 0.25) is 0 Å². The fourth-order valence-corrected chi connectivity index (χ4v) is 5.96. The topological polar surface area (TPSA) is 70.9 Å². The van der Waals surface area contributed by atoms with Crippen molar-refractivity contribution in [3.63, 3.8) is 0 Å². The Hall–Kier alpha value is -2.04. The normalized spacial score (nSPS) is 33.0. The molecule has 2 fully saturated rings. The second-order valence-electron chi connectivity index (χ2n) is 9.97. The van der Waals surface area contributed by atoms with Crippen molar-refractivity contribution < 1.29 is 14.6 Å². The number of amides is 1. The predicted octanol–water partition coefficient (Wildman–Crippen LogP) is 5.13. The Balaban J connectivity index is 1.52. The molecule has 3 aliphatic rings. The fourth-order valence-electron chi connectivity index (χ4n) is 5.96. The van der Waals surface area contributed by atoms with Gasteiger partial charge in [0.15, 0.2) is 0 Å². The molecule has 152 valence electrons. The summed E-state index contributed by atoms with van der Waals surface area (Å²) < 4.78 is 5.32. The number of benzene rings is 1. The predicted molar refractivity (Wildman–Crippen MR) is 110 cm³/mol. The lowest BCUT2D eigenvalue weighted by atomic mass is 9.55. The van der Waals surface area contributed by atoms with Gasteiger partial charge in [0.05, 0.1) is 0 Å². The summed E-state index contributed by atoms with van der Waals surface area (Å²) >= 11 is 0. The van der Waals surface area contributed by atoms with Gasteiger partial charge in [0, 0.05) is 11.1 Å². The van der Waals surface area contributed by atoms with Crippen molar-refractivity contribution in [2.24, 2.45) is 22.4 Å². The maximum atomic E-state index is 12.0. The molecule has 0 bridgehead atoms. The van der Waals surface area contributed by atoms with E-state index in [0.29, 0.717) is 23.5 Å². The second-order valence-corrected chi connectivity index (χ2v) is 9.97. The minimum atomic E-state index is -0.519. The molecule has 0 spiro atoms. The van der Waals surface area contributed by atoms with Gasteiger partial charge in [-0.1, -0.05) is 13.0 Å². The molecule has 0 aromatic heterocycles. The molecule has 4 rings (SSSR count). The summed E-state index contributed by atoms with van der Waals surface area (Å²) in [6.45, 7) is 7.90. The molecular weight excluding hydrogens is 352 g/mol. The van der Waals surface area contributed by atoms with Crippen LogP contribution in [0.25, 0.3) is 0 Å². The highest BCUT2D eigenvalue weighted by Crippen LogP contribution is 2.59. The third-order valence-corrected chi connectivity index (χ3v) is 7.13. The number of hydrogen-bond acceptors (Lipinski definition) is 4. The fraction of sp³-hybridized carbons (Fsp3) is 0.652. The number of hydrazone groups is 1. The van der Waals surface area contributed by atoms with E-state index < -0.39 is 11.7 Å². The Morgan fingerprint density at radius 1 is 1.25 bits per heavy atom. The highest BCUT2D eigenvalue weighted by molar-refractivity contribution is 5.93. The molecule has 3 aliphatic carbocycles. The molecule has 1 amide bonds. The van der Waals surface area contributed by atoms with Crippen molar-refractivity contribution >= 4 is 11.8 Å². The molecule has 0 heterocycles. The Labute approximate surface area is 167 Å². The minimum Gasteiger partial charge on any atom is -0.508 e. The third-order valence-electron chi connectivity index (χ3n) is 7.13. The van der Waals surface area contributed by atoms with E-state index in [9.17, 15) is 9.90 Å². The quantitative estimate of drug-likeness (QED) is 0.660. The van der Waals surface area contributed by atoms with Gasteiger partial charge in [-0.2, -0.15) is 5.10 Å². The van der Waals surface area contributed by atoms with Gasteiger partial charge in [-0.05, 0) is 100 Å². The van der Waals surface area contributed by atoms with E-state index >= 15 is 0 Å². The number of nitrogens with zero attached hydrogens (tertiary/aromatic N) is 1. The molecule has 5 nitrogen and oxygen atoms in total. The van der Waals surface area contributed by atoms with Crippen LogP contribution in [0.5, 0.6) is 5.75 Å². The zero-order chi connectivity index (χ0) is 20.1. The summed E-state index contributed by atoms with van der Waals surface area (Å²) in [5.74, 6) is 2.22.